The van der Waals surface area contributed by atoms with Crippen LogP contribution in [0.2, 0.25) is 0 Å². The van der Waals surface area contributed by atoms with Gasteiger partial charge >= 0.3 is 0 Å². The highest BCUT2D eigenvalue weighted by molar-refractivity contribution is 5.48. The Morgan fingerprint density at radius 2 is 2.35 bits per heavy atom. The highest BCUT2D eigenvalue weighted by Gasteiger charge is 2.00. The van der Waals surface area contributed by atoms with Gasteiger partial charge in [-0.2, -0.15) is 0 Å². The first-order chi connectivity index (χ1) is 8.31. The molecule has 5 nitrogen and oxygen atoms in total. The van der Waals surface area contributed by atoms with Crippen molar-refractivity contribution in [2.24, 2.45) is 5.11 Å². The van der Waals surface area contributed by atoms with E-state index in [1.54, 1.807) is 25.3 Å². The van der Waals surface area contributed by atoms with Gasteiger partial charge in [0.15, 0.2) is 0 Å². The zero-order valence-electron chi connectivity index (χ0n) is 9.55. The number of aliphatic hydroxyl groups excluding tert-OH is 1. The second-order valence-corrected chi connectivity index (χ2v) is 3.20. The van der Waals surface area contributed by atoms with Gasteiger partial charge in [-0.05, 0) is 23.2 Å². The van der Waals surface area contributed by atoms with E-state index in [4.69, 9.17) is 15.4 Å². The van der Waals surface area contributed by atoms with Crippen molar-refractivity contribution in [2.75, 3.05) is 13.7 Å². The Kier molecular flexibility index (Phi) is 5.45. The van der Waals surface area contributed by atoms with Crippen molar-refractivity contribution < 1.29 is 9.84 Å². The number of methoxy groups -OCH3 is 1. The predicted octanol–water partition coefficient (Wildman–Crippen LogP) is 2.24. The number of azide groups is 1. The SMILES string of the molecule is COc1ccc(CO)cc1C#CCCN=[N+]=[N-]. The third kappa shape index (κ3) is 4.07. The van der Waals surface area contributed by atoms with E-state index in [0.717, 1.165) is 11.1 Å². The smallest absolute Gasteiger partial charge is 0.134 e. The van der Waals surface area contributed by atoms with Crippen LogP contribution in [0.1, 0.15) is 17.5 Å². The second kappa shape index (κ2) is 7.18. The summed E-state index contributed by atoms with van der Waals surface area (Å²) in [6.07, 6.45) is 0.497. The van der Waals surface area contributed by atoms with Gasteiger partial charge in [0.1, 0.15) is 5.75 Å². The van der Waals surface area contributed by atoms with E-state index in [-0.39, 0.29) is 6.61 Å². The number of hydrogen-bond acceptors (Lipinski definition) is 3. The molecule has 0 aliphatic rings. The summed E-state index contributed by atoms with van der Waals surface area (Å²) in [6, 6.07) is 5.33. The molecular weight excluding hydrogens is 218 g/mol. The van der Waals surface area contributed by atoms with Crippen LogP contribution in [0.25, 0.3) is 10.4 Å². The molecule has 0 atom stereocenters. The maximum Gasteiger partial charge on any atom is 0.134 e. The fourth-order valence-corrected chi connectivity index (χ4v) is 1.26. The van der Waals surface area contributed by atoms with Gasteiger partial charge in [0.05, 0.1) is 19.3 Å². The van der Waals surface area contributed by atoms with E-state index >= 15 is 0 Å². The summed E-state index contributed by atoms with van der Waals surface area (Å²) in [5.41, 5.74) is 9.60. The summed E-state index contributed by atoms with van der Waals surface area (Å²) in [5, 5.41) is 12.4. The molecule has 1 aromatic carbocycles. The van der Waals surface area contributed by atoms with E-state index in [0.29, 0.717) is 18.7 Å². The lowest BCUT2D eigenvalue weighted by molar-refractivity contribution is 0.281. The molecule has 1 rings (SSSR count). The van der Waals surface area contributed by atoms with Crippen molar-refractivity contribution in [3.05, 3.63) is 39.8 Å². The predicted molar refractivity (Wildman–Crippen MR) is 64.4 cm³/mol. The summed E-state index contributed by atoms with van der Waals surface area (Å²) >= 11 is 0. The number of ether oxygens (including phenoxy) is 1. The summed E-state index contributed by atoms with van der Waals surface area (Å²) in [6.45, 7) is 0.322. The Bertz CT molecular complexity index is 482. The molecule has 0 unspecified atom stereocenters. The minimum atomic E-state index is -0.0304. The third-order valence-electron chi connectivity index (χ3n) is 2.07. The Labute approximate surface area is 99.7 Å². The molecule has 0 radical (unpaired) electrons. The van der Waals surface area contributed by atoms with Crippen LogP contribution < -0.4 is 4.74 Å². The molecule has 0 spiro atoms. The highest BCUT2D eigenvalue weighted by Crippen LogP contribution is 2.18. The lowest BCUT2D eigenvalue weighted by atomic mass is 10.1. The summed E-state index contributed by atoms with van der Waals surface area (Å²) in [4.78, 5) is 2.64. The fraction of sp³-hybridized carbons (Fsp3) is 0.333. The highest BCUT2D eigenvalue weighted by atomic mass is 16.5. The van der Waals surface area contributed by atoms with Gasteiger partial charge < -0.3 is 9.84 Å². The minimum Gasteiger partial charge on any atom is -0.495 e. The van der Waals surface area contributed by atoms with Crippen LogP contribution in [0.5, 0.6) is 5.75 Å². The Balaban J connectivity index is 2.83. The average Bonchev–Trinajstić information content (AvgIpc) is 2.38. The Morgan fingerprint density at radius 3 is 3.00 bits per heavy atom. The first-order valence-corrected chi connectivity index (χ1v) is 5.09. The van der Waals surface area contributed by atoms with Gasteiger partial charge in [-0.25, -0.2) is 0 Å². The van der Waals surface area contributed by atoms with Crippen LogP contribution in [0, 0.1) is 11.8 Å². The molecule has 0 amide bonds. The van der Waals surface area contributed by atoms with Gasteiger partial charge in [-0.15, -0.1) is 0 Å². The van der Waals surface area contributed by atoms with Crippen molar-refractivity contribution in [3.8, 4) is 17.6 Å². The lowest BCUT2D eigenvalue weighted by Crippen LogP contribution is -1.91. The van der Waals surface area contributed by atoms with E-state index in [1.165, 1.54) is 0 Å². The third-order valence-corrected chi connectivity index (χ3v) is 2.07. The number of nitrogens with zero attached hydrogens (tertiary/aromatic N) is 3. The first-order valence-electron chi connectivity index (χ1n) is 5.09. The molecule has 1 N–H and O–H groups in total. The van der Waals surface area contributed by atoms with Crippen LogP contribution in [-0.2, 0) is 6.61 Å². The zero-order valence-corrected chi connectivity index (χ0v) is 9.55. The topological polar surface area (TPSA) is 78.2 Å². The number of aliphatic hydroxyl groups is 1. The average molecular weight is 231 g/mol. The molecule has 17 heavy (non-hydrogen) atoms. The molecule has 0 saturated heterocycles. The zero-order chi connectivity index (χ0) is 12.5. The molecule has 0 heterocycles. The number of benzene rings is 1. The molecule has 0 saturated carbocycles. The molecule has 0 aliphatic carbocycles. The van der Waals surface area contributed by atoms with E-state index < -0.39 is 0 Å². The standard InChI is InChI=1S/C12H13N3O2/c1-17-12-6-5-10(9-16)8-11(12)4-2-3-7-14-15-13/h5-6,8,16H,3,7,9H2,1H3. The molecule has 5 heteroatoms. The van der Waals surface area contributed by atoms with Gasteiger partial charge in [-0.3, -0.25) is 0 Å². The number of rotatable bonds is 4. The van der Waals surface area contributed by atoms with Crippen LogP contribution in [0.3, 0.4) is 0 Å². The minimum absolute atomic E-state index is 0.0304. The largest absolute Gasteiger partial charge is 0.495 e. The van der Waals surface area contributed by atoms with E-state index in [1.807, 2.05) is 0 Å². The van der Waals surface area contributed by atoms with Gasteiger partial charge in [0.25, 0.3) is 0 Å². The Hall–Kier alpha value is -2.15. The van der Waals surface area contributed by atoms with Crippen LogP contribution >= 0.6 is 0 Å². The van der Waals surface area contributed by atoms with Crippen LogP contribution in [0.15, 0.2) is 23.3 Å². The van der Waals surface area contributed by atoms with Crippen molar-refractivity contribution in [2.45, 2.75) is 13.0 Å². The monoisotopic (exact) mass is 231 g/mol. The molecular formula is C12H13N3O2. The van der Waals surface area contributed by atoms with Gasteiger partial charge in [0.2, 0.25) is 0 Å². The van der Waals surface area contributed by atoms with Crippen molar-refractivity contribution >= 4 is 0 Å². The van der Waals surface area contributed by atoms with E-state index in [9.17, 15) is 0 Å². The Morgan fingerprint density at radius 1 is 1.53 bits per heavy atom. The molecule has 88 valence electrons. The molecule has 0 bridgehead atoms. The number of hydrogen-bond donors (Lipinski definition) is 1. The lowest BCUT2D eigenvalue weighted by Gasteiger charge is -2.04. The first kappa shape index (κ1) is 12.9. The summed E-state index contributed by atoms with van der Waals surface area (Å²) in [7, 11) is 1.57. The molecule has 1 aromatic rings. The maximum absolute atomic E-state index is 9.02. The van der Waals surface area contributed by atoms with Crippen molar-refractivity contribution in [3.63, 3.8) is 0 Å². The normalized spacial score (nSPS) is 8.82. The van der Waals surface area contributed by atoms with E-state index in [2.05, 4.69) is 21.9 Å². The molecule has 0 aliphatic heterocycles. The molecule has 0 fully saturated rings. The quantitative estimate of drug-likeness (QED) is 0.283. The molecule has 0 aromatic heterocycles. The summed E-state index contributed by atoms with van der Waals surface area (Å²) in [5.74, 6) is 6.48. The van der Waals surface area contributed by atoms with Crippen LogP contribution in [0.4, 0.5) is 0 Å². The van der Waals surface area contributed by atoms with Crippen molar-refractivity contribution in [1.29, 1.82) is 0 Å². The van der Waals surface area contributed by atoms with Crippen LogP contribution in [-0.4, -0.2) is 18.8 Å². The van der Waals surface area contributed by atoms with Gasteiger partial charge in [-0.1, -0.05) is 23.0 Å². The maximum atomic E-state index is 9.02. The second-order valence-electron chi connectivity index (χ2n) is 3.20. The van der Waals surface area contributed by atoms with Gasteiger partial charge in [0, 0.05) is 17.9 Å². The fourth-order valence-electron chi connectivity index (χ4n) is 1.26. The van der Waals surface area contributed by atoms with Crippen molar-refractivity contribution in [1.82, 2.24) is 0 Å². The summed E-state index contributed by atoms with van der Waals surface area (Å²) < 4.78 is 5.16.